The number of amides is 2. The van der Waals surface area contributed by atoms with Crippen LogP contribution in [0.1, 0.15) is 30.1 Å². The first-order chi connectivity index (χ1) is 17.6. The molecule has 6 nitrogen and oxygen atoms in total. The quantitative estimate of drug-likeness (QED) is 0.574. The molecule has 0 aromatic heterocycles. The van der Waals surface area contributed by atoms with Crippen LogP contribution in [0.2, 0.25) is 0 Å². The third-order valence-corrected chi connectivity index (χ3v) is 7.73. The number of nitrogens with one attached hydrogen (secondary N) is 1. The lowest BCUT2D eigenvalue weighted by molar-refractivity contribution is -0.126. The van der Waals surface area contributed by atoms with Crippen molar-refractivity contribution in [2.24, 2.45) is 5.92 Å². The van der Waals surface area contributed by atoms with Crippen molar-refractivity contribution in [3.8, 4) is 0 Å². The molecule has 2 aliphatic heterocycles. The van der Waals surface area contributed by atoms with Gasteiger partial charge in [0.2, 0.25) is 5.91 Å². The lowest BCUT2D eigenvalue weighted by atomic mass is 9.95. The average molecular weight is 485 g/mol. The minimum Gasteiger partial charge on any atom is -0.369 e. The molecule has 2 unspecified atom stereocenters. The number of hydrogen-bond donors (Lipinski definition) is 1. The van der Waals surface area contributed by atoms with Gasteiger partial charge in [-0.1, -0.05) is 54.6 Å². The first-order valence-corrected chi connectivity index (χ1v) is 13.2. The number of hydrogen-bond acceptors (Lipinski definition) is 4. The van der Waals surface area contributed by atoms with Crippen LogP contribution in [0.4, 0.5) is 5.69 Å². The minimum atomic E-state index is -0.153. The topological polar surface area (TPSA) is 55.9 Å². The maximum absolute atomic E-state index is 13.4. The van der Waals surface area contributed by atoms with Crippen LogP contribution in [0.3, 0.4) is 0 Å². The fraction of sp³-hybridized carbons (Fsp3) is 0.400. The number of benzene rings is 3. The summed E-state index contributed by atoms with van der Waals surface area (Å²) in [6.45, 7) is 7.98. The molecule has 36 heavy (non-hydrogen) atoms. The van der Waals surface area contributed by atoms with E-state index in [-0.39, 0.29) is 23.8 Å². The van der Waals surface area contributed by atoms with Crippen LogP contribution in [0.5, 0.6) is 0 Å². The summed E-state index contributed by atoms with van der Waals surface area (Å²) >= 11 is 0. The normalized spacial score (nSPS) is 19.8. The first-order valence-electron chi connectivity index (χ1n) is 13.2. The summed E-state index contributed by atoms with van der Waals surface area (Å²) in [5.41, 5.74) is 2.00. The number of nitrogens with zero attached hydrogens (tertiary/aromatic N) is 3. The van der Waals surface area contributed by atoms with Crippen molar-refractivity contribution in [1.82, 2.24) is 15.1 Å². The molecule has 0 bridgehead atoms. The number of rotatable bonds is 6. The summed E-state index contributed by atoms with van der Waals surface area (Å²) in [7, 11) is 0. The fourth-order valence-corrected chi connectivity index (χ4v) is 5.54. The van der Waals surface area contributed by atoms with E-state index < -0.39 is 0 Å². The average Bonchev–Trinajstić information content (AvgIpc) is 2.95. The second-order valence-electron chi connectivity index (χ2n) is 10.1. The maximum Gasteiger partial charge on any atom is 0.254 e. The Bertz CT molecular complexity index is 1180. The molecule has 2 fully saturated rings. The highest BCUT2D eigenvalue weighted by Crippen LogP contribution is 2.24. The van der Waals surface area contributed by atoms with Gasteiger partial charge in [-0.15, -0.1) is 0 Å². The van der Waals surface area contributed by atoms with Crippen molar-refractivity contribution in [3.05, 3.63) is 78.4 Å². The highest BCUT2D eigenvalue weighted by Gasteiger charge is 2.30. The molecule has 6 heteroatoms. The van der Waals surface area contributed by atoms with Crippen LogP contribution in [0.15, 0.2) is 72.8 Å². The van der Waals surface area contributed by atoms with Crippen molar-refractivity contribution < 1.29 is 9.59 Å². The summed E-state index contributed by atoms with van der Waals surface area (Å²) in [6.07, 6.45) is 1.68. The van der Waals surface area contributed by atoms with Crippen LogP contribution in [-0.2, 0) is 4.79 Å². The number of piperazine rings is 1. The van der Waals surface area contributed by atoms with Crippen LogP contribution >= 0.6 is 0 Å². The van der Waals surface area contributed by atoms with E-state index in [1.165, 1.54) is 5.69 Å². The Morgan fingerprint density at radius 3 is 2.42 bits per heavy atom. The molecule has 0 saturated carbocycles. The molecule has 2 heterocycles. The molecule has 2 amide bonds. The van der Waals surface area contributed by atoms with E-state index in [1.807, 2.05) is 47.4 Å². The Labute approximate surface area is 213 Å². The van der Waals surface area contributed by atoms with E-state index in [4.69, 9.17) is 0 Å². The van der Waals surface area contributed by atoms with Gasteiger partial charge in [-0.2, -0.15) is 0 Å². The third kappa shape index (κ3) is 5.39. The fourth-order valence-electron chi connectivity index (χ4n) is 5.54. The van der Waals surface area contributed by atoms with Gasteiger partial charge in [0, 0.05) is 63.1 Å². The number of piperidine rings is 1. The number of fused-ring (bicyclic) bond motifs is 1. The summed E-state index contributed by atoms with van der Waals surface area (Å²) in [5.74, 6) is -0.0612. The lowest BCUT2D eigenvalue weighted by Crippen LogP contribution is -2.53. The molecule has 2 atom stereocenters. The zero-order valence-corrected chi connectivity index (χ0v) is 21.1. The van der Waals surface area contributed by atoms with E-state index in [9.17, 15) is 9.59 Å². The van der Waals surface area contributed by atoms with Gasteiger partial charge in [-0.25, -0.2) is 0 Å². The van der Waals surface area contributed by atoms with Gasteiger partial charge in [-0.3, -0.25) is 14.5 Å². The Morgan fingerprint density at radius 2 is 1.61 bits per heavy atom. The monoisotopic (exact) mass is 484 g/mol. The van der Waals surface area contributed by atoms with E-state index in [2.05, 4.69) is 52.4 Å². The Balaban J connectivity index is 1.12. The number of carbonyl (C=O) groups excluding carboxylic acids is 2. The van der Waals surface area contributed by atoms with Crippen LogP contribution in [-0.4, -0.2) is 73.5 Å². The first kappa shape index (κ1) is 24.3. The van der Waals surface area contributed by atoms with Crippen molar-refractivity contribution >= 4 is 28.3 Å². The van der Waals surface area contributed by atoms with Crippen molar-refractivity contribution in [2.75, 3.05) is 50.7 Å². The lowest BCUT2D eigenvalue weighted by Gasteiger charge is -2.39. The van der Waals surface area contributed by atoms with Gasteiger partial charge < -0.3 is 15.1 Å². The molecule has 0 spiro atoms. The minimum absolute atomic E-state index is 0.0222. The van der Waals surface area contributed by atoms with E-state index >= 15 is 0 Å². The van der Waals surface area contributed by atoms with Gasteiger partial charge in [-0.05, 0) is 48.7 Å². The number of carbonyl (C=O) groups is 2. The van der Waals surface area contributed by atoms with Gasteiger partial charge in [0.15, 0.2) is 0 Å². The molecule has 188 valence electrons. The summed E-state index contributed by atoms with van der Waals surface area (Å²) in [6, 6.07) is 24.7. The van der Waals surface area contributed by atoms with Gasteiger partial charge in [0.05, 0.1) is 5.92 Å². The van der Waals surface area contributed by atoms with Crippen LogP contribution in [0.25, 0.3) is 10.8 Å². The standard InChI is InChI=1S/C30H36N4O2/c1-23(32-17-19-33(20-18-32)26-12-3-2-4-13-26)21-31-29(35)25-11-8-16-34(22-25)30(36)28-15-7-10-24-9-5-6-14-27(24)28/h2-7,9-10,12-15,23,25H,8,11,16-22H2,1H3,(H,31,35). The molecule has 3 aromatic carbocycles. The predicted octanol–water partition coefficient (Wildman–Crippen LogP) is 4.02. The number of anilines is 1. The van der Waals surface area contributed by atoms with Crippen molar-refractivity contribution in [2.45, 2.75) is 25.8 Å². The van der Waals surface area contributed by atoms with Gasteiger partial charge in [0.1, 0.15) is 0 Å². The summed E-state index contributed by atoms with van der Waals surface area (Å²) < 4.78 is 0. The van der Waals surface area contributed by atoms with Crippen LogP contribution in [0, 0.1) is 5.92 Å². The summed E-state index contributed by atoms with van der Waals surface area (Å²) in [5, 5.41) is 5.22. The van der Waals surface area contributed by atoms with Gasteiger partial charge >= 0.3 is 0 Å². The Kier molecular flexibility index (Phi) is 7.52. The highest BCUT2D eigenvalue weighted by molar-refractivity contribution is 6.07. The highest BCUT2D eigenvalue weighted by atomic mass is 16.2. The molecule has 3 aromatic rings. The van der Waals surface area contributed by atoms with Crippen molar-refractivity contribution in [1.29, 1.82) is 0 Å². The maximum atomic E-state index is 13.4. The predicted molar refractivity (Wildman–Crippen MR) is 145 cm³/mol. The number of likely N-dealkylation sites (tertiary alicyclic amines) is 1. The molecular weight excluding hydrogens is 448 g/mol. The molecule has 2 aliphatic rings. The molecular formula is C30H36N4O2. The smallest absolute Gasteiger partial charge is 0.254 e. The molecule has 0 aliphatic carbocycles. The Hall–Kier alpha value is -3.38. The second-order valence-corrected chi connectivity index (χ2v) is 10.1. The van der Waals surface area contributed by atoms with E-state index in [0.717, 1.165) is 55.4 Å². The van der Waals surface area contributed by atoms with E-state index in [1.54, 1.807) is 0 Å². The molecule has 5 rings (SSSR count). The third-order valence-electron chi connectivity index (χ3n) is 7.73. The van der Waals surface area contributed by atoms with Crippen LogP contribution < -0.4 is 10.2 Å². The van der Waals surface area contributed by atoms with Gasteiger partial charge in [0.25, 0.3) is 5.91 Å². The number of para-hydroxylation sites is 1. The zero-order valence-electron chi connectivity index (χ0n) is 21.1. The Morgan fingerprint density at radius 1 is 0.889 bits per heavy atom. The largest absolute Gasteiger partial charge is 0.369 e. The van der Waals surface area contributed by atoms with Crippen molar-refractivity contribution in [3.63, 3.8) is 0 Å². The SMILES string of the molecule is CC(CNC(=O)C1CCCN(C(=O)c2cccc3ccccc23)C1)N1CCN(c2ccccc2)CC1. The summed E-state index contributed by atoms with van der Waals surface area (Å²) in [4.78, 5) is 33.2. The molecule has 0 radical (unpaired) electrons. The zero-order chi connectivity index (χ0) is 24.9. The molecule has 1 N–H and O–H groups in total. The van der Waals surface area contributed by atoms with E-state index in [0.29, 0.717) is 19.6 Å². The molecule has 2 saturated heterocycles. The second kappa shape index (κ2) is 11.1.